The maximum Gasteiger partial charge on any atom is 0.221 e. The second kappa shape index (κ2) is 5.25. The lowest BCUT2D eigenvalue weighted by molar-refractivity contribution is -0.114. The second-order valence-electron chi connectivity index (χ2n) is 3.88. The first-order valence-corrected chi connectivity index (χ1v) is 5.50. The zero-order chi connectivity index (χ0) is 12.1. The van der Waals surface area contributed by atoms with Gasteiger partial charge in [-0.1, -0.05) is 24.3 Å². The predicted octanol–water partition coefficient (Wildman–Crippen LogP) is 2.63. The molecule has 1 aromatic heterocycles. The summed E-state index contributed by atoms with van der Waals surface area (Å²) in [5.74, 6) is -0.0522. The number of amides is 1. The molecule has 0 fully saturated rings. The van der Waals surface area contributed by atoms with Gasteiger partial charge in [0.05, 0.1) is 0 Å². The van der Waals surface area contributed by atoms with E-state index < -0.39 is 0 Å². The number of hydrogen-bond donors (Lipinski definition) is 1. The van der Waals surface area contributed by atoms with Gasteiger partial charge in [-0.2, -0.15) is 0 Å². The van der Waals surface area contributed by atoms with Crippen molar-refractivity contribution in [2.24, 2.45) is 0 Å². The Morgan fingerprint density at radius 1 is 1.24 bits per heavy atom. The van der Waals surface area contributed by atoms with Crippen LogP contribution in [0.25, 0.3) is 0 Å². The van der Waals surface area contributed by atoms with Crippen LogP contribution in [0.1, 0.15) is 18.1 Å². The number of pyridine rings is 1. The molecular formula is C14H14N2O. The Morgan fingerprint density at radius 3 is 2.76 bits per heavy atom. The van der Waals surface area contributed by atoms with Gasteiger partial charge >= 0.3 is 0 Å². The monoisotopic (exact) mass is 226 g/mol. The molecule has 0 bridgehead atoms. The quantitative estimate of drug-likeness (QED) is 0.874. The standard InChI is InChI=1S/C14H14N2O/c1-11(17)16-14-7-3-2-6-13(14)9-12-5-4-8-15-10-12/h2-8,10H,9H2,1H3,(H,16,17). The van der Waals surface area contributed by atoms with Crippen molar-refractivity contribution in [1.82, 2.24) is 4.98 Å². The summed E-state index contributed by atoms with van der Waals surface area (Å²) in [6.07, 6.45) is 4.36. The molecule has 1 amide bonds. The van der Waals surface area contributed by atoms with Crippen LogP contribution >= 0.6 is 0 Å². The normalized spacial score (nSPS) is 9.94. The van der Waals surface area contributed by atoms with Crippen molar-refractivity contribution in [1.29, 1.82) is 0 Å². The minimum atomic E-state index is -0.0522. The summed E-state index contributed by atoms with van der Waals surface area (Å²) in [7, 11) is 0. The molecule has 0 unspecified atom stereocenters. The summed E-state index contributed by atoms with van der Waals surface area (Å²) >= 11 is 0. The second-order valence-corrected chi connectivity index (χ2v) is 3.88. The number of nitrogens with zero attached hydrogens (tertiary/aromatic N) is 1. The van der Waals surface area contributed by atoms with E-state index in [-0.39, 0.29) is 5.91 Å². The lowest BCUT2D eigenvalue weighted by atomic mass is 10.0. The van der Waals surface area contributed by atoms with Crippen LogP contribution in [0.4, 0.5) is 5.69 Å². The van der Waals surface area contributed by atoms with Crippen LogP contribution in [-0.4, -0.2) is 10.9 Å². The summed E-state index contributed by atoms with van der Waals surface area (Å²) in [5.41, 5.74) is 3.09. The van der Waals surface area contributed by atoms with Crippen molar-refractivity contribution < 1.29 is 4.79 Å². The number of anilines is 1. The molecule has 0 saturated carbocycles. The number of carbonyl (C=O) groups is 1. The number of carbonyl (C=O) groups excluding carboxylic acids is 1. The molecule has 0 radical (unpaired) electrons. The predicted molar refractivity (Wildman–Crippen MR) is 67.8 cm³/mol. The highest BCUT2D eigenvalue weighted by Gasteiger charge is 2.04. The maximum absolute atomic E-state index is 11.1. The fourth-order valence-electron chi connectivity index (χ4n) is 1.71. The minimum absolute atomic E-state index is 0.0522. The summed E-state index contributed by atoms with van der Waals surface area (Å²) < 4.78 is 0. The van der Waals surface area contributed by atoms with Gasteiger partial charge in [-0.25, -0.2) is 0 Å². The summed E-state index contributed by atoms with van der Waals surface area (Å²) in [6, 6.07) is 11.7. The molecule has 0 aliphatic carbocycles. The third kappa shape index (κ3) is 3.14. The van der Waals surface area contributed by atoms with Crippen LogP contribution < -0.4 is 5.32 Å². The highest BCUT2D eigenvalue weighted by molar-refractivity contribution is 5.89. The van der Waals surface area contributed by atoms with E-state index in [0.29, 0.717) is 0 Å². The van der Waals surface area contributed by atoms with Crippen LogP contribution in [0.5, 0.6) is 0 Å². The largest absolute Gasteiger partial charge is 0.326 e. The van der Waals surface area contributed by atoms with Gasteiger partial charge in [0, 0.05) is 31.4 Å². The van der Waals surface area contributed by atoms with E-state index in [1.807, 2.05) is 42.6 Å². The topological polar surface area (TPSA) is 42.0 Å². The number of aromatic nitrogens is 1. The van der Waals surface area contributed by atoms with Gasteiger partial charge in [-0.05, 0) is 23.3 Å². The van der Waals surface area contributed by atoms with Crippen molar-refractivity contribution in [3.05, 3.63) is 59.9 Å². The molecular weight excluding hydrogens is 212 g/mol. The molecule has 2 aromatic rings. The van der Waals surface area contributed by atoms with E-state index in [0.717, 1.165) is 23.2 Å². The summed E-state index contributed by atoms with van der Waals surface area (Å²) in [5, 5.41) is 2.83. The molecule has 0 aliphatic heterocycles. The van der Waals surface area contributed by atoms with E-state index in [2.05, 4.69) is 10.3 Å². The molecule has 1 aromatic carbocycles. The smallest absolute Gasteiger partial charge is 0.221 e. The number of para-hydroxylation sites is 1. The molecule has 86 valence electrons. The van der Waals surface area contributed by atoms with Gasteiger partial charge in [-0.15, -0.1) is 0 Å². The van der Waals surface area contributed by atoms with Crippen molar-refractivity contribution in [2.75, 3.05) is 5.32 Å². The molecule has 1 N–H and O–H groups in total. The lowest BCUT2D eigenvalue weighted by Gasteiger charge is -2.09. The summed E-state index contributed by atoms with van der Waals surface area (Å²) in [6.45, 7) is 1.51. The number of rotatable bonds is 3. The molecule has 17 heavy (non-hydrogen) atoms. The molecule has 3 heteroatoms. The summed E-state index contributed by atoms with van der Waals surface area (Å²) in [4.78, 5) is 15.2. The first-order chi connectivity index (χ1) is 8.25. The Morgan fingerprint density at radius 2 is 2.06 bits per heavy atom. The van der Waals surface area contributed by atoms with E-state index >= 15 is 0 Å². The van der Waals surface area contributed by atoms with Crippen molar-refractivity contribution >= 4 is 11.6 Å². The van der Waals surface area contributed by atoms with Gasteiger partial charge in [0.15, 0.2) is 0 Å². The van der Waals surface area contributed by atoms with Crippen molar-refractivity contribution in [3.8, 4) is 0 Å². The highest BCUT2D eigenvalue weighted by Crippen LogP contribution is 2.18. The number of hydrogen-bond acceptors (Lipinski definition) is 2. The molecule has 0 atom stereocenters. The SMILES string of the molecule is CC(=O)Nc1ccccc1Cc1cccnc1. The molecule has 1 heterocycles. The average molecular weight is 226 g/mol. The Kier molecular flexibility index (Phi) is 3.50. The van der Waals surface area contributed by atoms with Crippen LogP contribution in [0.2, 0.25) is 0 Å². The fraction of sp³-hybridized carbons (Fsp3) is 0.143. The third-order valence-corrected chi connectivity index (χ3v) is 2.45. The highest BCUT2D eigenvalue weighted by atomic mass is 16.1. The Labute approximate surface area is 101 Å². The molecule has 0 aliphatic rings. The molecule has 0 spiro atoms. The van der Waals surface area contributed by atoms with Gasteiger partial charge < -0.3 is 5.32 Å². The van der Waals surface area contributed by atoms with Crippen molar-refractivity contribution in [3.63, 3.8) is 0 Å². The van der Waals surface area contributed by atoms with Crippen LogP contribution in [0.3, 0.4) is 0 Å². The maximum atomic E-state index is 11.1. The van der Waals surface area contributed by atoms with E-state index in [1.165, 1.54) is 6.92 Å². The van der Waals surface area contributed by atoms with Crippen LogP contribution in [0.15, 0.2) is 48.8 Å². The van der Waals surface area contributed by atoms with Gasteiger partial charge in [0.2, 0.25) is 5.91 Å². The van der Waals surface area contributed by atoms with E-state index in [9.17, 15) is 4.79 Å². The van der Waals surface area contributed by atoms with Gasteiger partial charge in [0.25, 0.3) is 0 Å². The molecule has 2 rings (SSSR count). The Bertz CT molecular complexity index is 509. The number of nitrogens with one attached hydrogen (secondary N) is 1. The average Bonchev–Trinajstić information content (AvgIpc) is 2.32. The van der Waals surface area contributed by atoms with Crippen molar-refractivity contribution in [2.45, 2.75) is 13.3 Å². The third-order valence-electron chi connectivity index (χ3n) is 2.45. The first-order valence-electron chi connectivity index (χ1n) is 5.50. The molecule has 3 nitrogen and oxygen atoms in total. The van der Waals surface area contributed by atoms with Crippen LogP contribution in [0, 0.1) is 0 Å². The zero-order valence-corrected chi connectivity index (χ0v) is 9.68. The Balaban J connectivity index is 2.23. The van der Waals surface area contributed by atoms with Crippen LogP contribution in [-0.2, 0) is 11.2 Å². The number of benzene rings is 1. The van der Waals surface area contributed by atoms with Gasteiger partial charge in [0.1, 0.15) is 0 Å². The lowest BCUT2D eigenvalue weighted by Crippen LogP contribution is -2.08. The molecule has 0 saturated heterocycles. The van der Waals surface area contributed by atoms with E-state index in [1.54, 1.807) is 6.20 Å². The Hall–Kier alpha value is -2.16. The first kappa shape index (κ1) is 11.3. The van der Waals surface area contributed by atoms with Gasteiger partial charge in [-0.3, -0.25) is 9.78 Å². The zero-order valence-electron chi connectivity index (χ0n) is 9.68. The minimum Gasteiger partial charge on any atom is -0.326 e. The van der Waals surface area contributed by atoms with E-state index in [4.69, 9.17) is 0 Å². The fourth-order valence-corrected chi connectivity index (χ4v) is 1.71.